The van der Waals surface area contributed by atoms with Crippen LogP contribution in [0.25, 0.3) is 0 Å². The van der Waals surface area contributed by atoms with Gasteiger partial charge in [0.05, 0.1) is 0 Å². The third kappa shape index (κ3) is 4.10. The number of carbonyl (C=O) groups is 1. The molecule has 0 radical (unpaired) electrons. The highest BCUT2D eigenvalue weighted by Crippen LogP contribution is 2.25. The SMILES string of the molecule is CC(C)(C)C(CCCl)NC(=O)c1c(O)cccc1F. The summed E-state index contributed by atoms with van der Waals surface area (Å²) < 4.78 is 13.6. The number of phenols is 1. The molecular formula is C14H19ClFNO2. The van der Waals surface area contributed by atoms with Gasteiger partial charge in [0.15, 0.2) is 0 Å². The summed E-state index contributed by atoms with van der Waals surface area (Å²) in [5.41, 5.74) is -0.530. The summed E-state index contributed by atoms with van der Waals surface area (Å²) in [5.74, 6) is -1.33. The molecular weight excluding hydrogens is 269 g/mol. The van der Waals surface area contributed by atoms with Gasteiger partial charge in [-0.15, -0.1) is 11.6 Å². The zero-order valence-corrected chi connectivity index (χ0v) is 12.1. The molecule has 1 aromatic rings. The predicted molar refractivity (Wildman–Crippen MR) is 74.1 cm³/mol. The zero-order valence-electron chi connectivity index (χ0n) is 11.3. The fourth-order valence-electron chi connectivity index (χ4n) is 1.80. The largest absolute Gasteiger partial charge is 0.507 e. The van der Waals surface area contributed by atoms with E-state index in [0.29, 0.717) is 12.3 Å². The summed E-state index contributed by atoms with van der Waals surface area (Å²) in [6, 6.07) is 3.58. The smallest absolute Gasteiger partial charge is 0.258 e. The Hall–Kier alpha value is -1.29. The average Bonchev–Trinajstić information content (AvgIpc) is 2.27. The van der Waals surface area contributed by atoms with Gasteiger partial charge in [-0.1, -0.05) is 26.8 Å². The van der Waals surface area contributed by atoms with Crippen LogP contribution in [0.3, 0.4) is 0 Å². The average molecular weight is 288 g/mol. The van der Waals surface area contributed by atoms with Crippen LogP contribution < -0.4 is 5.32 Å². The number of halogens is 2. The maximum Gasteiger partial charge on any atom is 0.258 e. The topological polar surface area (TPSA) is 49.3 Å². The molecule has 1 aromatic carbocycles. The Morgan fingerprint density at radius 2 is 2.11 bits per heavy atom. The highest BCUT2D eigenvalue weighted by Gasteiger charge is 2.27. The van der Waals surface area contributed by atoms with Crippen LogP contribution in [0.5, 0.6) is 5.75 Å². The van der Waals surface area contributed by atoms with E-state index >= 15 is 0 Å². The molecule has 1 rings (SSSR count). The third-order valence-corrected chi connectivity index (χ3v) is 3.19. The highest BCUT2D eigenvalue weighted by molar-refractivity contribution is 6.17. The van der Waals surface area contributed by atoms with Gasteiger partial charge in [-0.25, -0.2) is 4.39 Å². The summed E-state index contributed by atoms with van der Waals surface area (Å²) in [6.07, 6.45) is 0.575. The van der Waals surface area contributed by atoms with Crippen LogP contribution in [0.2, 0.25) is 0 Å². The molecule has 0 saturated heterocycles. The number of aromatic hydroxyl groups is 1. The number of alkyl halides is 1. The molecule has 1 atom stereocenters. The number of rotatable bonds is 4. The van der Waals surface area contributed by atoms with Crippen molar-refractivity contribution < 1.29 is 14.3 Å². The molecule has 1 unspecified atom stereocenters. The van der Waals surface area contributed by atoms with Gasteiger partial charge in [0, 0.05) is 11.9 Å². The van der Waals surface area contributed by atoms with Crippen molar-refractivity contribution in [2.45, 2.75) is 33.2 Å². The summed E-state index contributed by atoms with van der Waals surface area (Å²) in [4.78, 5) is 12.1. The number of benzene rings is 1. The molecule has 19 heavy (non-hydrogen) atoms. The van der Waals surface area contributed by atoms with Crippen LogP contribution in [0.1, 0.15) is 37.6 Å². The first kappa shape index (κ1) is 15.8. The molecule has 3 nitrogen and oxygen atoms in total. The molecule has 0 aromatic heterocycles. The van der Waals surface area contributed by atoms with Gasteiger partial charge in [0.1, 0.15) is 17.1 Å². The maximum absolute atomic E-state index is 13.6. The normalized spacial score (nSPS) is 13.1. The lowest BCUT2D eigenvalue weighted by Crippen LogP contribution is -2.44. The molecule has 0 saturated carbocycles. The van der Waals surface area contributed by atoms with Gasteiger partial charge in [-0.3, -0.25) is 4.79 Å². The van der Waals surface area contributed by atoms with Gasteiger partial charge >= 0.3 is 0 Å². The Morgan fingerprint density at radius 3 is 2.58 bits per heavy atom. The highest BCUT2D eigenvalue weighted by atomic mass is 35.5. The van der Waals surface area contributed by atoms with E-state index in [9.17, 15) is 14.3 Å². The Kier molecular flexibility index (Phi) is 5.18. The second-order valence-electron chi connectivity index (χ2n) is 5.50. The van der Waals surface area contributed by atoms with Crippen LogP contribution in [-0.2, 0) is 0 Å². The third-order valence-electron chi connectivity index (χ3n) is 2.97. The summed E-state index contributed by atoms with van der Waals surface area (Å²) in [6.45, 7) is 5.89. The summed E-state index contributed by atoms with van der Waals surface area (Å²) in [7, 11) is 0. The first-order chi connectivity index (χ1) is 8.77. The maximum atomic E-state index is 13.6. The van der Waals surface area contributed by atoms with Gasteiger partial charge in [0.2, 0.25) is 0 Å². The molecule has 0 aliphatic carbocycles. The Labute approximate surface area is 117 Å². The minimum Gasteiger partial charge on any atom is -0.507 e. The zero-order chi connectivity index (χ0) is 14.6. The number of hydrogen-bond donors (Lipinski definition) is 2. The van der Waals surface area contributed by atoms with Crippen LogP contribution in [-0.4, -0.2) is 22.9 Å². The molecule has 1 amide bonds. The second kappa shape index (κ2) is 6.24. The van der Waals surface area contributed by atoms with E-state index in [0.717, 1.165) is 6.07 Å². The number of phenolic OH excluding ortho intramolecular Hbond substituents is 1. The van der Waals surface area contributed by atoms with E-state index in [1.807, 2.05) is 20.8 Å². The molecule has 0 aliphatic heterocycles. The molecule has 0 fully saturated rings. The van der Waals surface area contributed by atoms with Crippen molar-refractivity contribution >= 4 is 17.5 Å². The van der Waals surface area contributed by atoms with Crippen molar-refractivity contribution in [3.63, 3.8) is 0 Å². The minimum absolute atomic E-state index is 0.198. The fraction of sp³-hybridized carbons (Fsp3) is 0.500. The van der Waals surface area contributed by atoms with E-state index in [1.165, 1.54) is 12.1 Å². The molecule has 0 heterocycles. The lowest BCUT2D eigenvalue weighted by molar-refractivity contribution is 0.0893. The standard InChI is InChI=1S/C14H19ClFNO2/c1-14(2,3)11(7-8-15)17-13(19)12-9(16)5-4-6-10(12)18/h4-6,11,18H,7-8H2,1-3H3,(H,17,19). The van der Waals surface area contributed by atoms with Crippen molar-refractivity contribution in [3.8, 4) is 5.75 Å². The first-order valence-corrected chi connectivity index (χ1v) is 6.65. The lowest BCUT2D eigenvalue weighted by Gasteiger charge is -2.31. The molecule has 2 N–H and O–H groups in total. The van der Waals surface area contributed by atoms with E-state index in [4.69, 9.17) is 11.6 Å². The Bertz CT molecular complexity index is 437. The molecule has 5 heteroatoms. The fourth-order valence-corrected chi connectivity index (χ4v) is 2.02. The van der Waals surface area contributed by atoms with Gasteiger partial charge in [0.25, 0.3) is 5.91 Å². The van der Waals surface area contributed by atoms with Crippen LogP contribution in [0, 0.1) is 11.2 Å². The van der Waals surface area contributed by atoms with E-state index in [2.05, 4.69) is 5.32 Å². The number of amides is 1. The minimum atomic E-state index is -0.740. The number of hydrogen-bond acceptors (Lipinski definition) is 2. The second-order valence-corrected chi connectivity index (χ2v) is 5.88. The van der Waals surface area contributed by atoms with E-state index in [-0.39, 0.29) is 22.8 Å². The van der Waals surface area contributed by atoms with E-state index in [1.54, 1.807) is 0 Å². The van der Waals surface area contributed by atoms with Crippen LogP contribution in [0.4, 0.5) is 4.39 Å². The van der Waals surface area contributed by atoms with Crippen molar-refractivity contribution in [1.29, 1.82) is 0 Å². The molecule has 0 aliphatic rings. The lowest BCUT2D eigenvalue weighted by atomic mass is 9.85. The van der Waals surface area contributed by atoms with Crippen molar-refractivity contribution in [1.82, 2.24) is 5.32 Å². The monoisotopic (exact) mass is 287 g/mol. The summed E-state index contributed by atoms with van der Waals surface area (Å²) in [5, 5.41) is 12.3. The van der Waals surface area contributed by atoms with E-state index < -0.39 is 11.7 Å². The quantitative estimate of drug-likeness (QED) is 0.835. The van der Waals surface area contributed by atoms with Crippen LogP contribution in [0.15, 0.2) is 18.2 Å². The van der Waals surface area contributed by atoms with Crippen LogP contribution >= 0.6 is 11.6 Å². The van der Waals surface area contributed by atoms with Gasteiger partial charge in [-0.05, 0) is 24.0 Å². The summed E-state index contributed by atoms with van der Waals surface area (Å²) >= 11 is 5.72. The number of carbonyl (C=O) groups excluding carboxylic acids is 1. The van der Waals surface area contributed by atoms with Crippen molar-refractivity contribution in [2.75, 3.05) is 5.88 Å². The predicted octanol–water partition coefficient (Wildman–Crippen LogP) is 3.30. The van der Waals surface area contributed by atoms with Crippen molar-refractivity contribution in [3.05, 3.63) is 29.6 Å². The molecule has 0 spiro atoms. The molecule has 0 bridgehead atoms. The van der Waals surface area contributed by atoms with Gasteiger partial charge < -0.3 is 10.4 Å². The van der Waals surface area contributed by atoms with Gasteiger partial charge in [-0.2, -0.15) is 0 Å². The Morgan fingerprint density at radius 1 is 1.47 bits per heavy atom. The van der Waals surface area contributed by atoms with Crippen molar-refractivity contribution in [2.24, 2.45) is 5.41 Å². The first-order valence-electron chi connectivity index (χ1n) is 6.11. The molecule has 106 valence electrons. The number of nitrogens with one attached hydrogen (secondary N) is 1. The Balaban J connectivity index is 2.95.